The molecule has 2 unspecified atom stereocenters. The van der Waals surface area contributed by atoms with Gasteiger partial charge in [0, 0.05) is 31.8 Å². The lowest BCUT2D eigenvalue weighted by Gasteiger charge is -2.19. The van der Waals surface area contributed by atoms with Gasteiger partial charge in [0.15, 0.2) is 0 Å². The minimum absolute atomic E-state index is 0.190. The van der Waals surface area contributed by atoms with Gasteiger partial charge in [0.25, 0.3) is 0 Å². The number of aliphatic hydroxyl groups excluding tert-OH is 1. The molecule has 0 bridgehead atoms. The van der Waals surface area contributed by atoms with E-state index in [4.69, 9.17) is 16.7 Å². The summed E-state index contributed by atoms with van der Waals surface area (Å²) >= 11 is 6.20. The van der Waals surface area contributed by atoms with Gasteiger partial charge < -0.3 is 10.4 Å². The number of hydrogen-bond donors (Lipinski definition) is 2. The molecule has 1 aromatic rings. The van der Waals surface area contributed by atoms with Crippen LogP contribution in [0.1, 0.15) is 32.0 Å². The SMILES string of the molecule is CCc1nn(C)c(Cl)c1CNC(C)C(C)CO. The Kier molecular flexibility index (Phi) is 5.43. The molecule has 0 aliphatic rings. The number of hydrogen-bond acceptors (Lipinski definition) is 3. The first kappa shape index (κ1) is 14.5. The summed E-state index contributed by atoms with van der Waals surface area (Å²) in [5.74, 6) is 0.232. The topological polar surface area (TPSA) is 50.1 Å². The van der Waals surface area contributed by atoms with Crippen LogP contribution >= 0.6 is 11.6 Å². The Labute approximate surface area is 108 Å². The maximum absolute atomic E-state index is 9.08. The van der Waals surface area contributed by atoms with Crippen molar-refractivity contribution in [2.24, 2.45) is 13.0 Å². The van der Waals surface area contributed by atoms with Crippen LogP contribution in [0.3, 0.4) is 0 Å². The van der Waals surface area contributed by atoms with Gasteiger partial charge in [-0.1, -0.05) is 25.4 Å². The van der Waals surface area contributed by atoms with Crippen LogP contribution in [-0.2, 0) is 20.0 Å². The molecular weight excluding hydrogens is 238 g/mol. The molecule has 0 spiro atoms. The first-order valence-electron chi connectivity index (χ1n) is 6.05. The van der Waals surface area contributed by atoms with Crippen LogP contribution in [0.5, 0.6) is 0 Å². The van der Waals surface area contributed by atoms with E-state index in [2.05, 4.69) is 24.3 Å². The van der Waals surface area contributed by atoms with Crippen molar-refractivity contribution >= 4 is 11.6 Å². The number of aliphatic hydroxyl groups is 1. The third-order valence-electron chi connectivity index (χ3n) is 3.23. The molecule has 1 aromatic heterocycles. The third kappa shape index (κ3) is 3.44. The monoisotopic (exact) mass is 259 g/mol. The second-order valence-electron chi connectivity index (χ2n) is 4.52. The van der Waals surface area contributed by atoms with Gasteiger partial charge in [0.05, 0.1) is 5.69 Å². The number of aromatic nitrogens is 2. The first-order valence-corrected chi connectivity index (χ1v) is 6.43. The van der Waals surface area contributed by atoms with Crippen LogP contribution in [0.2, 0.25) is 5.15 Å². The fourth-order valence-electron chi connectivity index (χ4n) is 1.68. The Morgan fingerprint density at radius 2 is 2.12 bits per heavy atom. The van der Waals surface area contributed by atoms with Gasteiger partial charge in [0.1, 0.15) is 5.15 Å². The normalized spacial score (nSPS) is 14.9. The number of halogens is 1. The summed E-state index contributed by atoms with van der Waals surface area (Å²) in [6.45, 7) is 7.04. The molecule has 0 saturated heterocycles. The van der Waals surface area contributed by atoms with Crippen molar-refractivity contribution in [3.63, 3.8) is 0 Å². The van der Waals surface area contributed by atoms with Gasteiger partial charge in [-0.3, -0.25) is 4.68 Å². The zero-order valence-electron chi connectivity index (χ0n) is 11.0. The summed E-state index contributed by atoms with van der Waals surface area (Å²) in [4.78, 5) is 0. The number of rotatable bonds is 6. The van der Waals surface area contributed by atoms with E-state index in [-0.39, 0.29) is 18.6 Å². The zero-order valence-corrected chi connectivity index (χ0v) is 11.8. The lowest BCUT2D eigenvalue weighted by Crippen LogP contribution is -2.33. The molecule has 17 heavy (non-hydrogen) atoms. The van der Waals surface area contributed by atoms with Gasteiger partial charge in [-0.05, 0) is 19.3 Å². The van der Waals surface area contributed by atoms with E-state index >= 15 is 0 Å². The molecule has 1 heterocycles. The molecule has 0 aliphatic carbocycles. The predicted octanol–water partition coefficient (Wildman–Crippen LogP) is 1.74. The van der Waals surface area contributed by atoms with Crippen LogP contribution in [-0.4, -0.2) is 27.5 Å². The average molecular weight is 260 g/mol. The van der Waals surface area contributed by atoms with E-state index < -0.39 is 0 Å². The third-order valence-corrected chi connectivity index (χ3v) is 3.70. The molecular formula is C12H22ClN3O. The summed E-state index contributed by atoms with van der Waals surface area (Å²) in [5, 5.41) is 17.5. The molecule has 2 N–H and O–H groups in total. The molecule has 2 atom stereocenters. The highest BCUT2D eigenvalue weighted by Crippen LogP contribution is 2.20. The average Bonchev–Trinajstić information content (AvgIpc) is 2.61. The van der Waals surface area contributed by atoms with Crippen molar-refractivity contribution in [2.75, 3.05) is 6.61 Å². The van der Waals surface area contributed by atoms with Crippen molar-refractivity contribution in [1.82, 2.24) is 15.1 Å². The van der Waals surface area contributed by atoms with Gasteiger partial charge in [-0.15, -0.1) is 0 Å². The van der Waals surface area contributed by atoms with Crippen LogP contribution < -0.4 is 5.32 Å². The van der Waals surface area contributed by atoms with E-state index in [1.165, 1.54) is 0 Å². The summed E-state index contributed by atoms with van der Waals surface area (Å²) in [5.41, 5.74) is 2.10. The first-order chi connectivity index (χ1) is 8.01. The molecule has 0 amide bonds. The smallest absolute Gasteiger partial charge is 0.131 e. The van der Waals surface area contributed by atoms with E-state index in [1.807, 2.05) is 14.0 Å². The van der Waals surface area contributed by atoms with Crippen molar-refractivity contribution in [1.29, 1.82) is 0 Å². The van der Waals surface area contributed by atoms with Crippen molar-refractivity contribution in [3.8, 4) is 0 Å². The molecule has 0 aromatic carbocycles. The van der Waals surface area contributed by atoms with Crippen LogP contribution in [0.4, 0.5) is 0 Å². The quantitative estimate of drug-likeness (QED) is 0.818. The summed E-state index contributed by atoms with van der Waals surface area (Å²) in [6, 6.07) is 0.251. The van der Waals surface area contributed by atoms with E-state index in [9.17, 15) is 0 Å². The minimum Gasteiger partial charge on any atom is -0.396 e. The Hall–Kier alpha value is -0.580. The highest BCUT2D eigenvalue weighted by Gasteiger charge is 2.15. The van der Waals surface area contributed by atoms with Crippen molar-refractivity contribution in [2.45, 2.75) is 39.8 Å². The Morgan fingerprint density at radius 3 is 2.65 bits per heavy atom. The fraction of sp³-hybridized carbons (Fsp3) is 0.750. The largest absolute Gasteiger partial charge is 0.396 e. The predicted molar refractivity (Wildman–Crippen MR) is 70.1 cm³/mol. The lowest BCUT2D eigenvalue weighted by molar-refractivity contribution is 0.207. The molecule has 0 aliphatic heterocycles. The highest BCUT2D eigenvalue weighted by molar-refractivity contribution is 6.30. The van der Waals surface area contributed by atoms with Crippen LogP contribution in [0.25, 0.3) is 0 Å². The Bertz CT molecular complexity index is 365. The molecule has 4 nitrogen and oxygen atoms in total. The molecule has 0 fully saturated rings. The standard InChI is InChI=1S/C12H22ClN3O/c1-5-11-10(12(13)16(4)15-11)6-14-9(3)8(2)7-17/h8-9,14,17H,5-7H2,1-4H3. The number of nitrogens with one attached hydrogen (secondary N) is 1. The number of nitrogens with zero attached hydrogens (tertiary/aromatic N) is 2. The second-order valence-corrected chi connectivity index (χ2v) is 4.88. The van der Waals surface area contributed by atoms with Crippen LogP contribution in [0, 0.1) is 5.92 Å². The summed E-state index contributed by atoms with van der Waals surface area (Å²) < 4.78 is 1.71. The molecule has 0 radical (unpaired) electrons. The minimum atomic E-state index is 0.190. The molecule has 98 valence electrons. The Morgan fingerprint density at radius 1 is 1.47 bits per heavy atom. The zero-order chi connectivity index (χ0) is 13.0. The molecule has 1 rings (SSSR count). The van der Waals surface area contributed by atoms with E-state index in [0.717, 1.165) is 17.7 Å². The van der Waals surface area contributed by atoms with Gasteiger partial charge >= 0.3 is 0 Å². The number of aryl methyl sites for hydroxylation is 2. The second kappa shape index (κ2) is 6.38. The van der Waals surface area contributed by atoms with Crippen LogP contribution in [0.15, 0.2) is 0 Å². The summed E-state index contributed by atoms with van der Waals surface area (Å²) in [6.07, 6.45) is 0.876. The van der Waals surface area contributed by atoms with Crippen molar-refractivity contribution in [3.05, 3.63) is 16.4 Å². The van der Waals surface area contributed by atoms with Gasteiger partial charge in [-0.2, -0.15) is 5.10 Å². The van der Waals surface area contributed by atoms with E-state index in [0.29, 0.717) is 11.7 Å². The Balaban J connectivity index is 2.68. The lowest BCUT2D eigenvalue weighted by atomic mass is 10.0. The fourth-order valence-corrected chi connectivity index (χ4v) is 1.89. The van der Waals surface area contributed by atoms with Gasteiger partial charge in [-0.25, -0.2) is 0 Å². The highest BCUT2D eigenvalue weighted by atomic mass is 35.5. The maximum atomic E-state index is 9.08. The maximum Gasteiger partial charge on any atom is 0.131 e. The van der Waals surface area contributed by atoms with E-state index in [1.54, 1.807) is 4.68 Å². The summed E-state index contributed by atoms with van der Waals surface area (Å²) in [7, 11) is 1.85. The van der Waals surface area contributed by atoms with Gasteiger partial charge in [0.2, 0.25) is 0 Å². The molecule has 0 saturated carbocycles. The van der Waals surface area contributed by atoms with Crippen molar-refractivity contribution < 1.29 is 5.11 Å². The molecule has 5 heteroatoms.